The third-order valence-electron chi connectivity index (χ3n) is 2.36. The Kier molecular flexibility index (Phi) is 4.23. The van der Waals surface area contributed by atoms with Gasteiger partial charge in [0, 0.05) is 13.1 Å². The van der Waals surface area contributed by atoms with E-state index in [0.717, 1.165) is 27.4 Å². The lowest BCUT2D eigenvalue weighted by Gasteiger charge is -2.02. The summed E-state index contributed by atoms with van der Waals surface area (Å²) in [4.78, 5) is 4.40. The fraction of sp³-hybridized carbons (Fsp3) is 0.364. The predicted molar refractivity (Wildman–Crippen MR) is 77.5 cm³/mol. The molecule has 0 saturated carbocycles. The second-order valence-corrected chi connectivity index (χ2v) is 6.81. The highest BCUT2D eigenvalue weighted by atomic mass is 32.2. The number of hydrogen-bond acceptors (Lipinski definition) is 6. The number of anilines is 1. The summed E-state index contributed by atoms with van der Waals surface area (Å²) in [7, 11) is -1.51. The van der Waals surface area contributed by atoms with E-state index in [4.69, 9.17) is 4.74 Å². The lowest BCUT2D eigenvalue weighted by Crippen LogP contribution is -2.27. The Bertz CT molecular complexity index is 667. The normalized spacial score (nSPS) is 11.7. The molecule has 0 saturated heterocycles. The molecule has 0 radical (unpaired) electrons. The summed E-state index contributed by atoms with van der Waals surface area (Å²) >= 11 is 1.51. The molecule has 0 atom stereocenters. The summed E-state index contributed by atoms with van der Waals surface area (Å²) in [6.45, 7) is 0.822. The lowest BCUT2D eigenvalue weighted by molar-refractivity contribution is 0.415. The zero-order valence-corrected chi connectivity index (χ0v) is 12.3. The monoisotopic (exact) mass is 301 g/mol. The Morgan fingerprint density at radius 1 is 1.37 bits per heavy atom. The number of rotatable bonds is 6. The van der Waals surface area contributed by atoms with Crippen LogP contribution in [-0.4, -0.2) is 39.9 Å². The van der Waals surface area contributed by atoms with Gasteiger partial charge in [-0.1, -0.05) is 11.3 Å². The number of sulfonamides is 1. The number of fused-ring (bicyclic) bond motifs is 1. The number of hydrogen-bond donors (Lipinski definition) is 2. The minimum Gasteiger partial charge on any atom is -0.497 e. The van der Waals surface area contributed by atoms with Gasteiger partial charge in [-0.05, 0) is 18.2 Å². The van der Waals surface area contributed by atoms with Crippen LogP contribution in [0.1, 0.15) is 0 Å². The lowest BCUT2D eigenvalue weighted by atomic mass is 10.3. The Balaban J connectivity index is 1.98. The van der Waals surface area contributed by atoms with Crippen LogP contribution >= 0.6 is 11.3 Å². The molecule has 6 nitrogen and oxygen atoms in total. The molecule has 104 valence electrons. The number of aromatic nitrogens is 1. The van der Waals surface area contributed by atoms with E-state index >= 15 is 0 Å². The van der Waals surface area contributed by atoms with E-state index in [1.165, 1.54) is 11.3 Å². The number of thiazole rings is 1. The van der Waals surface area contributed by atoms with Crippen LogP contribution in [0.5, 0.6) is 5.75 Å². The fourth-order valence-electron chi connectivity index (χ4n) is 1.51. The number of nitrogens with zero attached hydrogens (tertiary/aromatic N) is 1. The zero-order chi connectivity index (χ0) is 13.9. The van der Waals surface area contributed by atoms with Gasteiger partial charge in [-0.2, -0.15) is 0 Å². The average Bonchev–Trinajstić information content (AvgIpc) is 2.75. The van der Waals surface area contributed by atoms with Gasteiger partial charge in [0.25, 0.3) is 0 Å². The van der Waals surface area contributed by atoms with Crippen LogP contribution in [0.15, 0.2) is 18.2 Å². The van der Waals surface area contributed by atoms with Gasteiger partial charge in [-0.3, -0.25) is 0 Å². The molecule has 0 bridgehead atoms. The molecule has 1 heterocycles. The Morgan fingerprint density at radius 2 is 2.16 bits per heavy atom. The number of methoxy groups -OCH3 is 1. The van der Waals surface area contributed by atoms with Gasteiger partial charge >= 0.3 is 0 Å². The average molecular weight is 301 g/mol. The molecule has 1 aromatic heterocycles. The third kappa shape index (κ3) is 4.05. The first kappa shape index (κ1) is 14.0. The van der Waals surface area contributed by atoms with Crippen molar-refractivity contribution in [3.8, 4) is 5.75 Å². The van der Waals surface area contributed by atoms with E-state index in [0.29, 0.717) is 13.1 Å². The van der Waals surface area contributed by atoms with Crippen LogP contribution in [0.2, 0.25) is 0 Å². The zero-order valence-electron chi connectivity index (χ0n) is 10.6. The standard InChI is InChI=1S/C11H15N3O3S2/c1-17-8-3-4-9-10(7-8)18-11(14-9)12-5-6-13-19(2,15)16/h3-4,7,13H,5-6H2,1-2H3,(H,12,14). The largest absolute Gasteiger partial charge is 0.497 e. The first-order valence-electron chi connectivity index (χ1n) is 5.61. The summed E-state index contributed by atoms with van der Waals surface area (Å²) in [5, 5.41) is 3.85. The summed E-state index contributed by atoms with van der Waals surface area (Å²) < 4.78 is 30.4. The molecule has 0 fully saturated rings. The highest BCUT2D eigenvalue weighted by molar-refractivity contribution is 7.88. The van der Waals surface area contributed by atoms with Crippen molar-refractivity contribution in [3.05, 3.63) is 18.2 Å². The van der Waals surface area contributed by atoms with Crippen molar-refractivity contribution < 1.29 is 13.2 Å². The summed E-state index contributed by atoms with van der Waals surface area (Å²) in [5.74, 6) is 0.793. The van der Waals surface area contributed by atoms with E-state index in [2.05, 4.69) is 15.0 Å². The molecule has 2 rings (SSSR count). The topological polar surface area (TPSA) is 80.3 Å². The van der Waals surface area contributed by atoms with Gasteiger partial charge in [0.05, 0.1) is 23.6 Å². The molecule has 0 aliphatic heterocycles. The van der Waals surface area contributed by atoms with E-state index in [-0.39, 0.29) is 0 Å². The van der Waals surface area contributed by atoms with Crippen LogP contribution < -0.4 is 14.8 Å². The highest BCUT2D eigenvalue weighted by Gasteiger charge is 2.05. The molecule has 8 heteroatoms. The van der Waals surface area contributed by atoms with Gasteiger partial charge in [0.1, 0.15) is 5.75 Å². The van der Waals surface area contributed by atoms with Crippen LogP contribution in [0.25, 0.3) is 10.2 Å². The van der Waals surface area contributed by atoms with Crippen LogP contribution in [0.3, 0.4) is 0 Å². The quantitative estimate of drug-likeness (QED) is 0.785. The van der Waals surface area contributed by atoms with Gasteiger partial charge in [-0.15, -0.1) is 0 Å². The molecule has 2 N–H and O–H groups in total. The molecular formula is C11H15N3O3S2. The van der Waals surface area contributed by atoms with Gasteiger partial charge < -0.3 is 10.1 Å². The van der Waals surface area contributed by atoms with E-state index in [1.54, 1.807) is 7.11 Å². The maximum Gasteiger partial charge on any atom is 0.208 e. The van der Waals surface area contributed by atoms with Crippen molar-refractivity contribution in [1.29, 1.82) is 0 Å². The molecule has 1 aromatic carbocycles. The Hall–Kier alpha value is -1.38. The third-order valence-corrected chi connectivity index (χ3v) is 4.07. The minimum absolute atomic E-state index is 0.331. The maximum atomic E-state index is 10.9. The van der Waals surface area contributed by atoms with Crippen LogP contribution in [0, 0.1) is 0 Å². The van der Waals surface area contributed by atoms with Gasteiger partial charge in [0.15, 0.2) is 5.13 Å². The van der Waals surface area contributed by atoms with E-state index in [1.807, 2.05) is 18.2 Å². The smallest absolute Gasteiger partial charge is 0.208 e. The Morgan fingerprint density at radius 3 is 2.84 bits per heavy atom. The molecule has 0 aliphatic carbocycles. The summed E-state index contributed by atoms with van der Waals surface area (Å²) in [5.41, 5.74) is 0.893. The first-order valence-corrected chi connectivity index (χ1v) is 8.32. The number of ether oxygens (including phenoxy) is 1. The van der Waals surface area contributed by atoms with Gasteiger partial charge in [0.2, 0.25) is 10.0 Å². The van der Waals surface area contributed by atoms with Crippen molar-refractivity contribution in [3.63, 3.8) is 0 Å². The molecule has 0 spiro atoms. The minimum atomic E-state index is -3.14. The SMILES string of the molecule is COc1ccc2nc(NCCNS(C)(=O)=O)sc2c1. The highest BCUT2D eigenvalue weighted by Crippen LogP contribution is 2.28. The second-order valence-electron chi connectivity index (χ2n) is 3.95. The van der Waals surface area contributed by atoms with Gasteiger partial charge in [-0.25, -0.2) is 18.1 Å². The molecule has 0 unspecified atom stereocenters. The van der Waals surface area contributed by atoms with Crippen LogP contribution in [0.4, 0.5) is 5.13 Å². The van der Waals surface area contributed by atoms with E-state index in [9.17, 15) is 8.42 Å². The second kappa shape index (κ2) is 5.72. The van der Waals surface area contributed by atoms with E-state index < -0.39 is 10.0 Å². The summed E-state index contributed by atoms with van der Waals surface area (Å²) in [6, 6.07) is 5.68. The molecular weight excluding hydrogens is 286 g/mol. The first-order chi connectivity index (χ1) is 8.98. The van der Waals surface area contributed by atoms with Crippen molar-refractivity contribution in [2.45, 2.75) is 0 Å². The Labute approximate surface area is 115 Å². The molecule has 19 heavy (non-hydrogen) atoms. The molecule has 0 amide bonds. The fourth-order valence-corrected chi connectivity index (χ4v) is 2.91. The maximum absolute atomic E-state index is 10.9. The number of benzene rings is 1. The molecule has 0 aliphatic rings. The van der Waals surface area contributed by atoms with Crippen molar-refractivity contribution >= 4 is 36.7 Å². The summed E-state index contributed by atoms with van der Waals surface area (Å²) in [6.07, 6.45) is 1.14. The number of nitrogens with one attached hydrogen (secondary N) is 2. The predicted octanol–water partition coefficient (Wildman–Crippen LogP) is 1.27. The van der Waals surface area contributed by atoms with Crippen molar-refractivity contribution in [1.82, 2.24) is 9.71 Å². The van der Waals surface area contributed by atoms with Crippen LogP contribution in [-0.2, 0) is 10.0 Å². The molecule has 2 aromatic rings. The van der Waals surface area contributed by atoms with Crippen molar-refractivity contribution in [2.24, 2.45) is 0 Å². The van der Waals surface area contributed by atoms with Crippen molar-refractivity contribution in [2.75, 3.05) is 31.8 Å².